The lowest BCUT2D eigenvalue weighted by atomic mass is 10.1. The molecule has 1 aliphatic carbocycles. The lowest BCUT2D eigenvalue weighted by Gasteiger charge is -2.08. The molecule has 0 saturated heterocycles. The van der Waals surface area contributed by atoms with Crippen LogP contribution in [-0.2, 0) is 9.59 Å². The molecule has 0 unspecified atom stereocenters. The van der Waals surface area contributed by atoms with Crippen LogP contribution in [0.15, 0.2) is 22.7 Å². The summed E-state index contributed by atoms with van der Waals surface area (Å²) in [7, 11) is 0. The summed E-state index contributed by atoms with van der Waals surface area (Å²) in [6.45, 7) is 3.50. The molecule has 6 heteroatoms. The van der Waals surface area contributed by atoms with Gasteiger partial charge in [0.1, 0.15) is 6.07 Å². The van der Waals surface area contributed by atoms with Crippen molar-refractivity contribution in [2.75, 3.05) is 5.32 Å². The number of halogens is 1. The molecular weight excluding hydrogens is 324 g/mol. The van der Waals surface area contributed by atoms with Crippen molar-refractivity contribution in [1.29, 1.82) is 5.26 Å². The Morgan fingerprint density at radius 2 is 2.05 bits per heavy atom. The van der Waals surface area contributed by atoms with Gasteiger partial charge in [-0.15, -0.1) is 0 Å². The summed E-state index contributed by atoms with van der Waals surface area (Å²) in [5.41, 5.74) is 0.167. The molecule has 0 radical (unpaired) electrons. The first-order valence-electron chi connectivity index (χ1n) is 6.02. The lowest BCUT2D eigenvalue weighted by Crippen LogP contribution is -2.18. The molecule has 0 bridgehead atoms. The number of aliphatic carboxylic acids is 1. The van der Waals surface area contributed by atoms with Gasteiger partial charge in [-0.05, 0) is 23.6 Å². The second-order valence-corrected chi connectivity index (χ2v) is 6.32. The summed E-state index contributed by atoms with van der Waals surface area (Å²) in [5.74, 6) is -2.59. The molecule has 0 aromatic heterocycles. The van der Waals surface area contributed by atoms with Gasteiger partial charge in [-0.1, -0.05) is 29.8 Å². The van der Waals surface area contributed by atoms with Gasteiger partial charge in [0.2, 0.25) is 5.91 Å². The van der Waals surface area contributed by atoms with Crippen LogP contribution in [0.25, 0.3) is 0 Å². The smallest absolute Gasteiger partial charge is 0.307 e. The topological polar surface area (TPSA) is 90.2 Å². The number of amides is 1. The van der Waals surface area contributed by atoms with Crippen molar-refractivity contribution in [3.8, 4) is 6.07 Å². The minimum atomic E-state index is -0.968. The van der Waals surface area contributed by atoms with Gasteiger partial charge in [-0.3, -0.25) is 9.59 Å². The van der Waals surface area contributed by atoms with Gasteiger partial charge in [-0.2, -0.15) is 5.26 Å². The maximum Gasteiger partial charge on any atom is 0.307 e. The van der Waals surface area contributed by atoms with Gasteiger partial charge in [0, 0.05) is 4.47 Å². The Morgan fingerprint density at radius 3 is 2.55 bits per heavy atom. The molecule has 0 spiro atoms. The second kappa shape index (κ2) is 4.91. The van der Waals surface area contributed by atoms with E-state index in [1.54, 1.807) is 32.0 Å². The maximum absolute atomic E-state index is 12.2. The van der Waals surface area contributed by atoms with Gasteiger partial charge in [0.15, 0.2) is 0 Å². The quantitative estimate of drug-likeness (QED) is 0.887. The number of nitriles is 1. The molecule has 0 heterocycles. The fourth-order valence-corrected chi connectivity index (χ4v) is 2.88. The molecule has 1 aromatic carbocycles. The Balaban J connectivity index is 2.20. The van der Waals surface area contributed by atoms with Crippen molar-refractivity contribution in [3.05, 3.63) is 28.2 Å². The lowest BCUT2D eigenvalue weighted by molar-refractivity contribution is -0.140. The van der Waals surface area contributed by atoms with Gasteiger partial charge in [0.25, 0.3) is 0 Å². The van der Waals surface area contributed by atoms with Gasteiger partial charge >= 0.3 is 5.97 Å². The number of benzene rings is 1. The molecule has 2 atom stereocenters. The molecule has 104 valence electrons. The molecule has 2 N–H and O–H groups in total. The van der Waals surface area contributed by atoms with Crippen molar-refractivity contribution in [2.45, 2.75) is 13.8 Å². The first kappa shape index (κ1) is 14.5. The molecule has 1 aromatic rings. The van der Waals surface area contributed by atoms with Crippen molar-refractivity contribution in [1.82, 2.24) is 0 Å². The minimum absolute atomic E-state index is 0.340. The first-order chi connectivity index (χ1) is 9.28. The van der Waals surface area contributed by atoms with Crippen LogP contribution in [0.2, 0.25) is 0 Å². The third kappa shape index (κ3) is 2.41. The highest BCUT2D eigenvalue weighted by Gasteiger charge is 2.65. The predicted molar refractivity (Wildman–Crippen MR) is 75.9 cm³/mol. The van der Waals surface area contributed by atoms with Crippen LogP contribution < -0.4 is 5.32 Å². The van der Waals surface area contributed by atoms with E-state index in [0.717, 1.165) is 4.47 Å². The highest BCUT2D eigenvalue weighted by molar-refractivity contribution is 9.10. The van der Waals surface area contributed by atoms with E-state index < -0.39 is 23.2 Å². The van der Waals surface area contributed by atoms with Crippen LogP contribution in [-0.4, -0.2) is 17.0 Å². The average molecular weight is 337 g/mol. The van der Waals surface area contributed by atoms with E-state index in [1.807, 2.05) is 6.07 Å². The highest BCUT2D eigenvalue weighted by Crippen LogP contribution is 2.58. The normalized spacial score (nSPS) is 22.7. The number of carbonyl (C=O) groups is 2. The molecule has 5 nitrogen and oxygen atoms in total. The number of carboxylic acid groups (broad SMARTS) is 1. The van der Waals surface area contributed by atoms with Gasteiger partial charge in [-0.25, -0.2) is 0 Å². The Hall–Kier alpha value is -1.87. The number of carbonyl (C=O) groups excluding carboxylic acids is 1. The van der Waals surface area contributed by atoms with Crippen LogP contribution in [0.4, 0.5) is 5.69 Å². The van der Waals surface area contributed by atoms with Crippen molar-refractivity contribution < 1.29 is 14.7 Å². The summed E-state index contributed by atoms with van der Waals surface area (Å²) in [6, 6.07) is 6.91. The third-order valence-electron chi connectivity index (χ3n) is 3.74. The maximum atomic E-state index is 12.2. The van der Waals surface area contributed by atoms with Crippen molar-refractivity contribution in [2.24, 2.45) is 17.3 Å². The second-order valence-electron chi connectivity index (χ2n) is 5.41. The number of rotatable bonds is 3. The van der Waals surface area contributed by atoms with E-state index in [1.165, 1.54) is 0 Å². The Labute approximate surface area is 124 Å². The van der Waals surface area contributed by atoms with Crippen LogP contribution in [0.3, 0.4) is 0 Å². The van der Waals surface area contributed by atoms with Crippen LogP contribution >= 0.6 is 15.9 Å². The number of hydrogen-bond acceptors (Lipinski definition) is 3. The van der Waals surface area contributed by atoms with E-state index in [0.29, 0.717) is 11.3 Å². The SMILES string of the molecule is CC1(C)[C@H](C(=O)O)[C@@H]1C(=O)Nc1cc(Br)ccc1C#N. The van der Waals surface area contributed by atoms with Crippen LogP contribution in [0.1, 0.15) is 19.4 Å². The van der Waals surface area contributed by atoms with Gasteiger partial charge < -0.3 is 10.4 Å². The zero-order chi connectivity index (χ0) is 15.1. The average Bonchev–Trinajstić information content (AvgIpc) is 2.93. The molecule has 20 heavy (non-hydrogen) atoms. The van der Waals surface area contributed by atoms with Gasteiger partial charge in [0.05, 0.1) is 23.1 Å². The highest BCUT2D eigenvalue weighted by atomic mass is 79.9. The number of carboxylic acids is 1. The molecule has 1 amide bonds. The summed E-state index contributed by atoms with van der Waals surface area (Å²) in [5, 5.41) is 20.7. The molecule has 1 fully saturated rings. The fourth-order valence-electron chi connectivity index (χ4n) is 2.52. The van der Waals surface area contributed by atoms with E-state index in [-0.39, 0.29) is 5.91 Å². The third-order valence-corrected chi connectivity index (χ3v) is 4.23. The standard InChI is InChI=1S/C14H13BrN2O3/c1-14(2)10(11(14)13(19)20)12(18)17-9-5-8(15)4-3-7(9)6-16/h3-5,10-11H,1-2H3,(H,17,18)(H,19,20)/t10-,11+/m1/s1. The van der Waals surface area contributed by atoms with Crippen LogP contribution in [0, 0.1) is 28.6 Å². The number of anilines is 1. The molecule has 2 rings (SSSR count). The predicted octanol–water partition coefficient (Wildman–Crippen LogP) is 2.62. The zero-order valence-corrected chi connectivity index (χ0v) is 12.6. The van der Waals surface area contributed by atoms with Crippen molar-refractivity contribution >= 4 is 33.5 Å². The summed E-state index contributed by atoms with van der Waals surface area (Å²) in [6.07, 6.45) is 0. The van der Waals surface area contributed by atoms with Crippen LogP contribution in [0.5, 0.6) is 0 Å². The summed E-state index contributed by atoms with van der Waals surface area (Å²) >= 11 is 3.27. The molecule has 1 saturated carbocycles. The zero-order valence-electron chi connectivity index (χ0n) is 11.0. The number of nitrogens with one attached hydrogen (secondary N) is 1. The molecule has 1 aliphatic rings. The Morgan fingerprint density at radius 1 is 1.40 bits per heavy atom. The largest absolute Gasteiger partial charge is 0.481 e. The molecule has 0 aliphatic heterocycles. The van der Waals surface area contributed by atoms with E-state index in [4.69, 9.17) is 10.4 Å². The minimum Gasteiger partial charge on any atom is -0.481 e. The monoisotopic (exact) mass is 336 g/mol. The molecular formula is C14H13BrN2O3. The summed E-state index contributed by atoms with van der Waals surface area (Å²) < 4.78 is 0.733. The van der Waals surface area contributed by atoms with Crippen molar-refractivity contribution in [3.63, 3.8) is 0 Å². The Bertz CT molecular complexity index is 634. The van der Waals surface area contributed by atoms with E-state index >= 15 is 0 Å². The number of nitrogens with zero attached hydrogens (tertiary/aromatic N) is 1. The fraction of sp³-hybridized carbons (Fsp3) is 0.357. The number of hydrogen-bond donors (Lipinski definition) is 2. The first-order valence-corrected chi connectivity index (χ1v) is 6.81. The van der Waals surface area contributed by atoms with E-state index in [2.05, 4.69) is 21.2 Å². The summed E-state index contributed by atoms with van der Waals surface area (Å²) in [4.78, 5) is 23.3. The van der Waals surface area contributed by atoms with E-state index in [9.17, 15) is 9.59 Å². The Kier molecular flexibility index (Phi) is 3.57.